The number of rotatable bonds is 7. The Morgan fingerprint density at radius 1 is 1.28 bits per heavy atom. The fourth-order valence-electron chi connectivity index (χ4n) is 1.83. The number of nitrogens with one attached hydrogen (secondary N) is 1. The Hall–Kier alpha value is -2.70. The number of Topliss-reactive ketones (excluding diaryl/α,β-unsaturated/α-hetero) is 1. The van der Waals surface area contributed by atoms with Crippen LogP contribution in [-0.2, 0) is 14.3 Å². The summed E-state index contributed by atoms with van der Waals surface area (Å²) in [4.78, 5) is 35.7. The minimum Gasteiger partial charge on any atom is -0.456 e. The van der Waals surface area contributed by atoms with E-state index in [2.05, 4.69) is 11.9 Å². The van der Waals surface area contributed by atoms with Crippen LogP contribution in [0.2, 0.25) is 0 Å². The molecular weight excluding hydrogens is 329 g/mol. The molecule has 1 atom stereocenters. The van der Waals surface area contributed by atoms with Crippen molar-refractivity contribution >= 4 is 17.8 Å². The monoisotopic (exact) mass is 351 g/mol. The fourth-order valence-corrected chi connectivity index (χ4v) is 1.83. The molecule has 1 N–H and O–H groups in total. The van der Waals surface area contributed by atoms with Gasteiger partial charge in [-0.2, -0.15) is 0 Å². The molecule has 1 unspecified atom stereocenters. The first kappa shape index (κ1) is 20.3. The van der Waals surface area contributed by atoms with Crippen molar-refractivity contribution in [3.8, 4) is 0 Å². The topological polar surface area (TPSA) is 81.7 Å². The number of hydrogen-bond donors (Lipinski definition) is 1. The molecule has 1 amide bonds. The van der Waals surface area contributed by atoms with E-state index in [1.807, 2.05) is 0 Å². The van der Waals surface area contributed by atoms with E-state index >= 15 is 0 Å². The van der Waals surface area contributed by atoms with E-state index in [0.29, 0.717) is 0 Å². The van der Waals surface area contributed by atoms with Crippen LogP contribution in [0.15, 0.2) is 36.9 Å². The Morgan fingerprint density at radius 3 is 2.48 bits per heavy atom. The summed E-state index contributed by atoms with van der Waals surface area (Å²) < 4.78 is 23.5. The van der Waals surface area contributed by atoms with Crippen molar-refractivity contribution in [1.29, 1.82) is 0 Å². The molecule has 0 aliphatic carbocycles. The number of benzene rings is 1. The fraction of sp³-hybridized carbons (Fsp3) is 0.389. The van der Waals surface area contributed by atoms with E-state index in [1.54, 1.807) is 20.8 Å². The van der Waals surface area contributed by atoms with Gasteiger partial charge in [0.15, 0.2) is 6.61 Å². The van der Waals surface area contributed by atoms with Crippen LogP contribution < -0.4 is 5.32 Å². The first-order valence-corrected chi connectivity index (χ1v) is 7.69. The van der Waals surface area contributed by atoms with Gasteiger partial charge in [0.1, 0.15) is 17.5 Å². The van der Waals surface area contributed by atoms with E-state index in [-0.39, 0.29) is 12.0 Å². The lowest BCUT2D eigenvalue weighted by atomic mass is 10.1. The predicted molar refractivity (Wildman–Crippen MR) is 89.7 cm³/mol. The van der Waals surface area contributed by atoms with Crippen molar-refractivity contribution in [2.75, 3.05) is 6.61 Å². The first-order chi connectivity index (χ1) is 11.6. The number of carbonyl (C=O) groups excluding carboxylic acids is 3. The SMILES string of the molecule is C=CCC(NC(=O)OC(C)(C)C)C(=O)OCC(=O)c1ccccc1F. The van der Waals surface area contributed by atoms with Crippen molar-refractivity contribution in [2.45, 2.75) is 38.8 Å². The number of halogens is 1. The van der Waals surface area contributed by atoms with Gasteiger partial charge in [0.25, 0.3) is 0 Å². The third kappa shape index (κ3) is 7.15. The van der Waals surface area contributed by atoms with Gasteiger partial charge in [-0.3, -0.25) is 4.79 Å². The van der Waals surface area contributed by atoms with Gasteiger partial charge in [-0.1, -0.05) is 18.2 Å². The Balaban J connectivity index is 2.64. The lowest BCUT2D eigenvalue weighted by molar-refractivity contribution is -0.144. The highest BCUT2D eigenvalue weighted by Gasteiger charge is 2.25. The molecule has 0 bridgehead atoms. The van der Waals surface area contributed by atoms with Crippen LogP contribution in [0.3, 0.4) is 0 Å². The zero-order valence-corrected chi connectivity index (χ0v) is 14.5. The predicted octanol–water partition coefficient (Wildman–Crippen LogP) is 3.02. The number of esters is 1. The second kappa shape index (κ2) is 8.96. The summed E-state index contributed by atoms with van der Waals surface area (Å²) in [6.45, 7) is 7.91. The van der Waals surface area contributed by atoms with Crippen LogP contribution in [0.1, 0.15) is 37.6 Å². The van der Waals surface area contributed by atoms with Gasteiger partial charge in [-0.15, -0.1) is 6.58 Å². The van der Waals surface area contributed by atoms with Crippen molar-refractivity contribution in [3.63, 3.8) is 0 Å². The third-order valence-corrected chi connectivity index (χ3v) is 2.90. The molecule has 0 aliphatic rings. The summed E-state index contributed by atoms with van der Waals surface area (Å²) in [5.41, 5.74) is -0.899. The molecule has 25 heavy (non-hydrogen) atoms. The maximum absolute atomic E-state index is 13.5. The molecule has 0 aromatic heterocycles. The number of amides is 1. The number of alkyl carbamates (subject to hydrolysis) is 1. The third-order valence-electron chi connectivity index (χ3n) is 2.90. The van der Waals surface area contributed by atoms with E-state index in [0.717, 1.165) is 6.07 Å². The average Bonchev–Trinajstić information content (AvgIpc) is 2.50. The summed E-state index contributed by atoms with van der Waals surface area (Å²) in [5.74, 6) is -2.21. The molecule has 1 aromatic rings. The highest BCUT2D eigenvalue weighted by molar-refractivity contribution is 5.98. The standard InChI is InChI=1S/C18H22FNO5/c1-5-8-14(20-17(23)25-18(2,3)4)16(22)24-11-15(21)12-9-6-7-10-13(12)19/h5-7,9-10,14H,1,8,11H2,2-4H3,(H,20,23). The maximum Gasteiger partial charge on any atom is 0.408 e. The van der Waals surface area contributed by atoms with Crippen LogP contribution in [0.5, 0.6) is 0 Å². The van der Waals surface area contributed by atoms with Gasteiger partial charge in [0, 0.05) is 0 Å². The summed E-state index contributed by atoms with van der Waals surface area (Å²) in [6.07, 6.45) is 0.713. The minimum atomic E-state index is -1.05. The van der Waals surface area contributed by atoms with Crippen LogP contribution >= 0.6 is 0 Å². The molecular formula is C18H22FNO5. The first-order valence-electron chi connectivity index (χ1n) is 7.69. The Labute approximate surface area is 146 Å². The van der Waals surface area contributed by atoms with Crippen molar-refractivity contribution < 1.29 is 28.2 Å². The summed E-state index contributed by atoms with van der Waals surface area (Å²) >= 11 is 0. The van der Waals surface area contributed by atoms with Gasteiger partial charge in [-0.05, 0) is 39.3 Å². The maximum atomic E-state index is 13.5. The molecule has 136 valence electrons. The molecule has 0 fully saturated rings. The molecule has 0 spiro atoms. The van der Waals surface area contributed by atoms with E-state index in [9.17, 15) is 18.8 Å². The molecule has 0 radical (unpaired) electrons. The van der Waals surface area contributed by atoms with Crippen LogP contribution in [0.4, 0.5) is 9.18 Å². The Morgan fingerprint density at radius 2 is 1.92 bits per heavy atom. The largest absolute Gasteiger partial charge is 0.456 e. The molecule has 0 heterocycles. The number of carbonyl (C=O) groups is 3. The molecule has 0 saturated carbocycles. The van der Waals surface area contributed by atoms with E-state index in [1.165, 1.54) is 24.3 Å². The molecule has 6 nitrogen and oxygen atoms in total. The lowest BCUT2D eigenvalue weighted by Gasteiger charge is -2.22. The number of ketones is 1. The quantitative estimate of drug-likeness (QED) is 0.464. The number of hydrogen-bond acceptors (Lipinski definition) is 5. The van der Waals surface area contributed by atoms with Gasteiger partial charge in [-0.25, -0.2) is 14.0 Å². The van der Waals surface area contributed by atoms with E-state index in [4.69, 9.17) is 9.47 Å². The highest BCUT2D eigenvalue weighted by Crippen LogP contribution is 2.09. The Kier molecular flexibility index (Phi) is 7.29. The molecule has 0 aliphatic heterocycles. The molecule has 0 saturated heterocycles. The van der Waals surface area contributed by atoms with Gasteiger partial charge < -0.3 is 14.8 Å². The van der Waals surface area contributed by atoms with Crippen molar-refractivity contribution in [3.05, 3.63) is 48.3 Å². The average molecular weight is 351 g/mol. The zero-order valence-electron chi connectivity index (χ0n) is 14.5. The van der Waals surface area contributed by atoms with Gasteiger partial charge in [0.05, 0.1) is 5.56 Å². The lowest BCUT2D eigenvalue weighted by Crippen LogP contribution is -2.44. The zero-order chi connectivity index (χ0) is 19.0. The van der Waals surface area contributed by atoms with Crippen LogP contribution in [0.25, 0.3) is 0 Å². The molecule has 7 heteroatoms. The summed E-state index contributed by atoms with van der Waals surface area (Å²) in [7, 11) is 0. The molecule has 1 aromatic carbocycles. The second-order valence-electron chi connectivity index (χ2n) is 6.23. The summed E-state index contributed by atoms with van der Waals surface area (Å²) in [6, 6.07) is 4.33. The highest BCUT2D eigenvalue weighted by atomic mass is 19.1. The molecule has 1 rings (SSSR count). The minimum absolute atomic E-state index is 0.0893. The summed E-state index contributed by atoms with van der Waals surface area (Å²) in [5, 5.41) is 2.36. The van der Waals surface area contributed by atoms with Crippen molar-refractivity contribution in [2.24, 2.45) is 0 Å². The second-order valence-corrected chi connectivity index (χ2v) is 6.23. The Bertz CT molecular complexity index is 651. The van der Waals surface area contributed by atoms with Gasteiger partial charge in [0.2, 0.25) is 5.78 Å². The van der Waals surface area contributed by atoms with Crippen LogP contribution in [0, 0.1) is 5.82 Å². The van der Waals surface area contributed by atoms with E-state index < -0.39 is 41.9 Å². The number of ether oxygens (including phenoxy) is 2. The smallest absolute Gasteiger partial charge is 0.408 e. The normalized spacial score (nSPS) is 12.0. The van der Waals surface area contributed by atoms with Crippen molar-refractivity contribution in [1.82, 2.24) is 5.32 Å². The van der Waals surface area contributed by atoms with Gasteiger partial charge >= 0.3 is 12.1 Å². The van der Waals surface area contributed by atoms with Crippen LogP contribution in [-0.4, -0.2) is 36.1 Å².